The third-order valence-electron chi connectivity index (χ3n) is 1.31. The van der Waals surface area contributed by atoms with Gasteiger partial charge in [0.15, 0.2) is 0 Å². The predicted molar refractivity (Wildman–Crippen MR) is 40.2 cm³/mol. The SMILES string of the molecule is [C-]#[N+]CCCCCCC#N. The van der Waals surface area contributed by atoms with E-state index in [1.165, 1.54) is 0 Å². The van der Waals surface area contributed by atoms with Gasteiger partial charge in [0.25, 0.3) is 0 Å². The van der Waals surface area contributed by atoms with Gasteiger partial charge in [-0.1, -0.05) is 6.42 Å². The summed E-state index contributed by atoms with van der Waals surface area (Å²) in [6.07, 6.45) is 4.86. The monoisotopic (exact) mass is 136 g/mol. The molecule has 54 valence electrons. The number of nitrogens with zero attached hydrogens (tertiary/aromatic N) is 2. The molecule has 0 aromatic carbocycles. The van der Waals surface area contributed by atoms with Gasteiger partial charge < -0.3 is 4.85 Å². The second-order valence-electron chi connectivity index (χ2n) is 2.20. The van der Waals surface area contributed by atoms with Crippen molar-refractivity contribution in [2.24, 2.45) is 0 Å². The van der Waals surface area contributed by atoms with E-state index >= 15 is 0 Å². The van der Waals surface area contributed by atoms with Crippen LogP contribution < -0.4 is 0 Å². The molecule has 0 aliphatic heterocycles. The van der Waals surface area contributed by atoms with Crippen LogP contribution in [-0.2, 0) is 0 Å². The van der Waals surface area contributed by atoms with Crippen LogP contribution in [0.4, 0.5) is 0 Å². The third kappa shape index (κ3) is 6.98. The minimum Gasteiger partial charge on any atom is -0.317 e. The fourth-order valence-electron chi connectivity index (χ4n) is 0.748. The van der Waals surface area contributed by atoms with Gasteiger partial charge in [0.2, 0.25) is 6.54 Å². The van der Waals surface area contributed by atoms with Crippen LogP contribution in [-0.4, -0.2) is 6.54 Å². The lowest BCUT2D eigenvalue weighted by Gasteiger charge is -1.90. The maximum atomic E-state index is 8.17. The van der Waals surface area contributed by atoms with Crippen molar-refractivity contribution in [1.82, 2.24) is 0 Å². The minimum absolute atomic E-state index is 0.645. The van der Waals surface area contributed by atoms with Crippen molar-refractivity contribution in [3.63, 3.8) is 0 Å². The fraction of sp³-hybridized carbons (Fsp3) is 0.750. The molecule has 0 saturated heterocycles. The molecule has 0 radical (unpaired) electrons. The van der Waals surface area contributed by atoms with Crippen molar-refractivity contribution in [2.75, 3.05) is 6.54 Å². The first-order valence-corrected chi connectivity index (χ1v) is 3.62. The lowest BCUT2D eigenvalue weighted by atomic mass is 10.1. The summed E-state index contributed by atoms with van der Waals surface area (Å²) in [4.78, 5) is 3.24. The summed E-state index contributed by atoms with van der Waals surface area (Å²) in [7, 11) is 0. The van der Waals surface area contributed by atoms with E-state index in [-0.39, 0.29) is 0 Å². The normalized spacial score (nSPS) is 8.20. The van der Waals surface area contributed by atoms with Crippen molar-refractivity contribution in [2.45, 2.75) is 32.1 Å². The maximum absolute atomic E-state index is 8.17. The van der Waals surface area contributed by atoms with Gasteiger partial charge in [-0.05, 0) is 12.8 Å². The number of nitriles is 1. The van der Waals surface area contributed by atoms with Crippen LogP contribution in [0.1, 0.15) is 32.1 Å². The molecule has 0 atom stereocenters. The number of hydrogen-bond donors (Lipinski definition) is 0. The van der Waals surface area contributed by atoms with Crippen LogP contribution in [0.25, 0.3) is 4.85 Å². The second-order valence-corrected chi connectivity index (χ2v) is 2.20. The molecule has 0 heterocycles. The highest BCUT2D eigenvalue weighted by Crippen LogP contribution is 2.01. The summed E-state index contributed by atoms with van der Waals surface area (Å²) in [5.74, 6) is 0. The lowest BCUT2D eigenvalue weighted by Crippen LogP contribution is -1.79. The van der Waals surface area contributed by atoms with E-state index < -0.39 is 0 Å². The molecule has 0 spiro atoms. The van der Waals surface area contributed by atoms with Crippen molar-refractivity contribution < 1.29 is 0 Å². The Morgan fingerprint density at radius 2 is 1.90 bits per heavy atom. The van der Waals surface area contributed by atoms with Gasteiger partial charge in [0.1, 0.15) is 0 Å². The molecule has 2 nitrogen and oxygen atoms in total. The zero-order chi connectivity index (χ0) is 7.66. The molecule has 0 aliphatic carbocycles. The molecule has 0 aromatic heterocycles. The van der Waals surface area contributed by atoms with E-state index in [2.05, 4.69) is 10.9 Å². The quantitative estimate of drug-likeness (QED) is 0.421. The largest absolute Gasteiger partial charge is 0.317 e. The van der Waals surface area contributed by atoms with E-state index in [4.69, 9.17) is 11.8 Å². The van der Waals surface area contributed by atoms with Crippen molar-refractivity contribution >= 4 is 0 Å². The van der Waals surface area contributed by atoms with Crippen LogP contribution >= 0.6 is 0 Å². The first kappa shape index (κ1) is 8.98. The van der Waals surface area contributed by atoms with Crippen molar-refractivity contribution in [1.29, 1.82) is 5.26 Å². The van der Waals surface area contributed by atoms with E-state index in [9.17, 15) is 0 Å². The van der Waals surface area contributed by atoms with Crippen LogP contribution in [0.2, 0.25) is 0 Å². The molecule has 0 unspecified atom stereocenters. The van der Waals surface area contributed by atoms with Crippen LogP contribution in [0, 0.1) is 17.9 Å². The van der Waals surface area contributed by atoms with E-state index in [1.54, 1.807) is 0 Å². The molecule has 0 bridgehead atoms. The average molecular weight is 136 g/mol. The molecule has 0 N–H and O–H groups in total. The topological polar surface area (TPSA) is 28.1 Å². The zero-order valence-corrected chi connectivity index (χ0v) is 6.14. The van der Waals surface area contributed by atoms with Gasteiger partial charge >= 0.3 is 0 Å². The Bertz CT molecular complexity index is 120. The Morgan fingerprint density at radius 3 is 2.50 bits per heavy atom. The van der Waals surface area contributed by atoms with Gasteiger partial charge in [-0.3, -0.25) is 0 Å². The Kier molecular flexibility index (Phi) is 7.17. The minimum atomic E-state index is 0.645. The predicted octanol–water partition coefficient (Wildman–Crippen LogP) is 2.38. The standard InChI is InChI=1S/C8H12N2/c1-10-8-6-4-2-3-5-7-9/h2-6,8H2. The van der Waals surface area contributed by atoms with Crippen molar-refractivity contribution in [3.05, 3.63) is 11.4 Å². The summed E-state index contributed by atoms with van der Waals surface area (Å²) in [6.45, 7) is 7.14. The molecule has 0 amide bonds. The average Bonchev–Trinajstić information content (AvgIpc) is 1.97. The fourth-order valence-corrected chi connectivity index (χ4v) is 0.748. The molecule has 0 rings (SSSR count). The molecule has 10 heavy (non-hydrogen) atoms. The highest BCUT2D eigenvalue weighted by Gasteiger charge is 1.89. The first-order chi connectivity index (χ1) is 4.91. The summed E-state index contributed by atoms with van der Waals surface area (Å²) in [5.41, 5.74) is 0. The smallest absolute Gasteiger partial charge is 0.214 e. The summed E-state index contributed by atoms with van der Waals surface area (Å²) in [6, 6.07) is 2.10. The van der Waals surface area contributed by atoms with Crippen LogP contribution in [0.5, 0.6) is 0 Å². The van der Waals surface area contributed by atoms with E-state index in [0.717, 1.165) is 25.7 Å². The Hall–Kier alpha value is -1.02. The molecule has 0 aliphatic rings. The molecular weight excluding hydrogens is 124 g/mol. The van der Waals surface area contributed by atoms with Crippen molar-refractivity contribution in [3.8, 4) is 6.07 Å². The van der Waals surface area contributed by atoms with Crippen LogP contribution in [0.15, 0.2) is 0 Å². The number of hydrogen-bond acceptors (Lipinski definition) is 1. The highest BCUT2D eigenvalue weighted by molar-refractivity contribution is 4.68. The third-order valence-corrected chi connectivity index (χ3v) is 1.31. The van der Waals surface area contributed by atoms with Gasteiger partial charge in [0, 0.05) is 12.8 Å². The Labute approximate surface area is 62.3 Å². The Balaban J connectivity index is 2.80. The maximum Gasteiger partial charge on any atom is 0.214 e. The number of unbranched alkanes of at least 4 members (excludes halogenated alkanes) is 4. The van der Waals surface area contributed by atoms with Crippen LogP contribution in [0.3, 0.4) is 0 Å². The molecule has 0 saturated carbocycles. The van der Waals surface area contributed by atoms with E-state index in [1.807, 2.05) is 0 Å². The highest BCUT2D eigenvalue weighted by atomic mass is 14.6. The van der Waals surface area contributed by atoms with Gasteiger partial charge in [-0.2, -0.15) is 5.26 Å². The zero-order valence-electron chi connectivity index (χ0n) is 6.14. The summed E-state index contributed by atoms with van der Waals surface area (Å²) < 4.78 is 0. The number of rotatable bonds is 5. The first-order valence-electron chi connectivity index (χ1n) is 3.62. The second kappa shape index (κ2) is 7.98. The Morgan fingerprint density at radius 1 is 1.20 bits per heavy atom. The van der Waals surface area contributed by atoms with E-state index in [0.29, 0.717) is 13.0 Å². The molecule has 0 aromatic rings. The molecule has 0 fully saturated rings. The lowest BCUT2D eigenvalue weighted by molar-refractivity contribution is 0.671. The molecular formula is C8H12N2. The summed E-state index contributed by atoms with van der Waals surface area (Å²) >= 11 is 0. The van der Waals surface area contributed by atoms with Gasteiger partial charge in [-0.25, -0.2) is 6.57 Å². The summed E-state index contributed by atoms with van der Waals surface area (Å²) in [5, 5.41) is 8.17. The van der Waals surface area contributed by atoms with Gasteiger partial charge in [0.05, 0.1) is 6.07 Å². The molecule has 2 heteroatoms. The van der Waals surface area contributed by atoms with Gasteiger partial charge in [-0.15, -0.1) is 0 Å².